The van der Waals surface area contributed by atoms with Gasteiger partial charge in [-0.3, -0.25) is 4.90 Å². The Kier molecular flexibility index (Phi) is 7.21. The lowest BCUT2D eigenvalue weighted by molar-refractivity contribution is -0.0318. The summed E-state index contributed by atoms with van der Waals surface area (Å²) in [5.74, 6) is -1.22. The van der Waals surface area contributed by atoms with Crippen LogP contribution in [0.25, 0.3) is 0 Å². The first-order valence-corrected chi connectivity index (χ1v) is 11.0. The third-order valence-electron chi connectivity index (χ3n) is 5.35. The number of hydrogen-bond donors (Lipinski definition) is 1. The number of benzene rings is 2. The summed E-state index contributed by atoms with van der Waals surface area (Å²) < 4.78 is 17.0. The van der Waals surface area contributed by atoms with Crippen LogP contribution in [0.4, 0.5) is 4.79 Å². The maximum Gasteiger partial charge on any atom is 0.338 e. The molecule has 2 aliphatic rings. The van der Waals surface area contributed by atoms with E-state index in [0.717, 1.165) is 0 Å². The number of ether oxygens (including phenoxy) is 3. The normalized spacial score (nSPS) is 21.8. The van der Waals surface area contributed by atoms with Crippen LogP contribution in [0.2, 0.25) is 10.0 Å². The van der Waals surface area contributed by atoms with Crippen molar-refractivity contribution < 1.29 is 28.6 Å². The van der Waals surface area contributed by atoms with Crippen molar-refractivity contribution in [2.24, 2.45) is 0 Å². The zero-order chi connectivity index (χ0) is 24.2. The fraction of sp³-hybridized carbons (Fsp3) is 0.208. The van der Waals surface area contributed by atoms with E-state index in [1.807, 2.05) is 0 Å². The minimum absolute atomic E-state index is 0.0437. The van der Waals surface area contributed by atoms with Gasteiger partial charge in [0.15, 0.2) is 6.10 Å². The fourth-order valence-electron chi connectivity index (χ4n) is 3.64. The minimum atomic E-state index is -0.935. The van der Waals surface area contributed by atoms with E-state index in [4.69, 9.17) is 37.4 Å². The highest BCUT2D eigenvalue weighted by molar-refractivity contribution is 6.31. The number of carbonyl (C=O) groups is 3. The van der Waals surface area contributed by atoms with Crippen LogP contribution in [0.5, 0.6) is 0 Å². The Morgan fingerprint density at radius 3 is 2.21 bits per heavy atom. The number of amides is 2. The predicted octanol–water partition coefficient (Wildman–Crippen LogP) is 4.20. The van der Waals surface area contributed by atoms with E-state index < -0.39 is 36.2 Å². The van der Waals surface area contributed by atoms with Crippen LogP contribution in [0.3, 0.4) is 0 Å². The van der Waals surface area contributed by atoms with Crippen molar-refractivity contribution >= 4 is 41.2 Å². The number of esters is 2. The van der Waals surface area contributed by atoms with E-state index in [1.54, 1.807) is 30.3 Å². The lowest BCUT2D eigenvalue weighted by atomic mass is 10.1. The number of nitrogens with zero attached hydrogens (tertiary/aromatic N) is 1. The van der Waals surface area contributed by atoms with Gasteiger partial charge in [0.2, 0.25) is 0 Å². The van der Waals surface area contributed by atoms with Gasteiger partial charge < -0.3 is 19.5 Å². The minimum Gasteiger partial charge on any atom is -0.459 e. The molecule has 4 rings (SSSR count). The quantitative estimate of drug-likeness (QED) is 0.595. The molecule has 0 spiro atoms. The van der Waals surface area contributed by atoms with Crippen LogP contribution >= 0.6 is 23.2 Å². The standard InChI is InChI=1S/C24H20Cl2N2O6/c1-14-10-11-27-24(31)28(14)19-12-32-20(13-33-22(29)15-2-6-17(25)7-3-15)21(19)34-23(30)16-4-8-18(26)9-5-16/h2-11,19-21H,1,12-13H2,(H,27,31)/t19-,20-,21?/m1/s1. The molecule has 176 valence electrons. The van der Waals surface area contributed by atoms with Gasteiger partial charge in [-0.1, -0.05) is 29.8 Å². The average molecular weight is 503 g/mol. The first-order valence-electron chi connectivity index (χ1n) is 10.3. The predicted molar refractivity (Wildman–Crippen MR) is 125 cm³/mol. The van der Waals surface area contributed by atoms with Crippen LogP contribution in [-0.2, 0) is 14.2 Å². The number of halogens is 2. The zero-order valence-corrected chi connectivity index (χ0v) is 19.3. The molecule has 8 nitrogen and oxygen atoms in total. The Hall–Kier alpha value is -3.33. The van der Waals surface area contributed by atoms with Crippen molar-refractivity contribution in [3.05, 3.63) is 94.3 Å². The van der Waals surface area contributed by atoms with Crippen molar-refractivity contribution in [3.63, 3.8) is 0 Å². The van der Waals surface area contributed by atoms with Crippen LogP contribution in [0, 0.1) is 0 Å². The molecule has 2 aliphatic heterocycles. The molecule has 0 saturated carbocycles. The van der Waals surface area contributed by atoms with Crippen molar-refractivity contribution in [2.45, 2.75) is 18.2 Å². The van der Waals surface area contributed by atoms with E-state index in [1.165, 1.54) is 35.4 Å². The van der Waals surface area contributed by atoms with Gasteiger partial charge in [0.25, 0.3) is 0 Å². The van der Waals surface area contributed by atoms with E-state index in [0.29, 0.717) is 21.3 Å². The van der Waals surface area contributed by atoms with Crippen LogP contribution in [-0.4, -0.2) is 54.3 Å². The second kappa shape index (κ2) is 10.3. The van der Waals surface area contributed by atoms with Gasteiger partial charge in [-0.05, 0) is 54.6 Å². The van der Waals surface area contributed by atoms with Crippen LogP contribution in [0.1, 0.15) is 20.7 Å². The third kappa shape index (κ3) is 5.25. The Bertz CT molecular complexity index is 1130. The van der Waals surface area contributed by atoms with Gasteiger partial charge in [-0.15, -0.1) is 0 Å². The second-order valence-corrected chi connectivity index (χ2v) is 8.44. The molecule has 2 aromatic rings. The monoisotopic (exact) mass is 502 g/mol. The topological polar surface area (TPSA) is 94.2 Å². The number of hydrogen-bond acceptors (Lipinski definition) is 6. The summed E-state index contributed by atoms with van der Waals surface area (Å²) in [7, 11) is 0. The molecule has 1 saturated heterocycles. The van der Waals surface area contributed by atoms with Crippen LogP contribution < -0.4 is 5.32 Å². The summed E-state index contributed by atoms with van der Waals surface area (Å²) in [5, 5.41) is 3.54. The molecule has 3 atom stereocenters. The first kappa shape index (κ1) is 23.8. The van der Waals surface area contributed by atoms with Gasteiger partial charge in [0.1, 0.15) is 18.8 Å². The van der Waals surface area contributed by atoms with Crippen LogP contribution in [0.15, 0.2) is 73.1 Å². The summed E-state index contributed by atoms with van der Waals surface area (Å²) in [5.41, 5.74) is 0.986. The molecule has 2 amide bonds. The van der Waals surface area contributed by atoms with Crippen molar-refractivity contribution in [1.29, 1.82) is 0 Å². The number of nitrogens with one attached hydrogen (secondary N) is 1. The molecule has 0 aromatic heterocycles. The highest BCUT2D eigenvalue weighted by Crippen LogP contribution is 2.28. The van der Waals surface area contributed by atoms with E-state index >= 15 is 0 Å². The highest BCUT2D eigenvalue weighted by Gasteiger charge is 2.46. The molecule has 2 aromatic carbocycles. The molecule has 34 heavy (non-hydrogen) atoms. The summed E-state index contributed by atoms with van der Waals surface area (Å²) in [6.45, 7) is 3.73. The first-order chi connectivity index (χ1) is 16.3. The van der Waals surface area contributed by atoms with E-state index in [9.17, 15) is 14.4 Å². The van der Waals surface area contributed by atoms with Crippen molar-refractivity contribution in [2.75, 3.05) is 13.2 Å². The summed E-state index contributed by atoms with van der Waals surface area (Å²) in [6, 6.07) is 11.3. The molecule has 0 radical (unpaired) electrons. The molecule has 0 bridgehead atoms. The molecule has 1 N–H and O–H groups in total. The zero-order valence-electron chi connectivity index (χ0n) is 17.8. The van der Waals surface area contributed by atoms with E-state index in [-0.39, 0.29) is 18.8 Å². The molecule has 0 aliphatic carbocycles. The summed E-state index contributed by atoms with van der Waals surface area (Å²) in [6.07, 6.45) is 1.34. The molecular formula is C24H20Cl2N2O6. The third-order valence-corrected chi connectivity index (χ3v) is 5.85. The molecule has 1 unspecified atom stereocenters. The smallest absolute Gasteiger partial charge is 0.338 e. The lowest BCUT2D eigenvalue weighted by Gasteiger charge is -2.34. The van der Waals surface area contributed by atoms with Gasteiger partial charge in [0.05, 0.1) is 17.7 Å². The molecule has 2 heterocycles. The van der Waals surface area contributed by atoms with Gasteiger partial charge >= 0.3 is 18.0 Å². The molecular weight excluding hydrogens is 483 g/mol. The van der Waals surface area contributed by atoms with Gasteiger partial charge in [-0.2, -0.15) is 0 Å². The highest BCUT2D eigenvalue weighted by atomic mass is 35.5. The van der Waals surface area contributed by atoms with Crippen molar-refractivity contribution in [1.82, 2.24) is 10.2 Å². The summed E-state index contributed by atoms with van der Waals surface area (Å²) in [4.78, 5) is 39.2. The fourth-order valence-corrected chi connectivity index (χ4v) is 3.89. The molecule has 10 heteroatoms. The van der Waals surface area contributed by atoms with Crippen molar-refractivity contribution in [3.8, 4) is 0 Å². The Morgan fingerprint density at radius 2 is 1.62 bits per heavy atom. The van der Waals surface area contributed by atoms with Gasteiger partial charge in [0, 0.05) is 21.9 Å². The van der Waals surface area contributed by atoms with E-state index in [2.05, 4.69) is 11.9 Å². The molecule has 1 fully saturated rings. The van der Waals surface area contributed by atoms with Gasteiger partial charge in [-0.25, -0.2) is 14.4 Å². The number of urea groups is 1. The number of rotatable bonds is 6. The lowest BCUT2D eigenvalue weighted by Crippen LogP contribution is -2.52. The average Bonchev–Trinajstić information content (AvgIpc) is 3.20. The summed E-state index contributed by atoms with van der Waals surface area (Å²) >= 11 is 11.8. The maximum atomic E-state index is 12.8. The second-order valence-electron chi connectivity index (χ2n) is 7.57. The Morgan fingerprint density at radius 1 is 1.03 bits per heavy atom. The Balaban J connectivity index is 1.52. The SMILES string of the molecule is C=C1C=CNC(=O)N1[C@@H]1CO[C@H](COC(=O)c2ccc(Cl)cc2)C1OC(=O)c1ccc(Cl)cc1. The Labute approximate surface area is 205 Å². The maximum absolute atomic E-state index is 12.8. The number of carbonyl (C=O) groups excluding carboxylic acids is 3. The largest absolute Gasteiger partial charge is 0.459 e. The number of allylic oxidation sites excluding steroid dienone is 1.